The van der Waals surface area contributed by atoms with Crippen LogP contribution in [0.2, 0.25) is 0 Å². The topological polar surface area (TPSA) is 63.8 Å². The molecule has 88 valence electrons. The maximum atomic E-state index is 5.50. The molecule has 0 saturated heterocycles. The molecule has 0 bridgehead atoms. The second kappa shape index (κ2) is 5.96. The van der Waals surface area contributed by atoms with Gasteiger partial charge in [-0.2, -0.15) is 0 Å². The van der Waals surface area contributed by atoms with E-state index in [4.69, 9.17) is 5.73 Å². The van der Waals surface area contributed by atoms with E-state index in [2.05, 4.69) is 39.6 Å². The summed E-state index contributed by atoms with van der Waals surface area (Å²) in [6.45, 7) is 1.65. The van der Waals surface area contributed by atoms with Gasteiger partial charge in [-0.25, -0.2) is 9.97 Å². The predicted octanol–water partition coefficient (Wildman–Crippen LogP) is 1.39. The molecule has 4 nitrogen and oxygen atoms in total. The van der Waals surface area contributed by atoms with E-state index in [1.165, 1.54) is 5.56 Å². The maximum Gasteiger partial charge on any atom is 0.220 e. The van der Waals surface area contributed by atoms with Crippen LogP contribution in [0.3, 0.4) is 0 Å². The molecule has 2 aromatic rings. The van der Waals surface area contributed by atoms with Crippen molar-refractivity contribution in [1.82, 2.24) is 15.3 Å². The number of nitrogen functional groups attached to an aromatic ring is 1. The van der Waals surface area contributed by atoms with Crippen LogP contribution >= 0.6 is 0 Å². The summed E-state index contributed by atoms with van der Waals surface area (Å²) in [5.41, 5.74) is 7.76. The number of hydrogen-bond donors (Lipinski definition) is 2. The van der Waals surface area contributed by atoms with E-state index in [0.29, 0.717) is 5.95 Å². The molecule has 0 aliphatic rings. The molecule has 0 radical (unpaired) electrons. The standard InChI is InChI=1S/C13H16N4/c14-13-16-9-7-12(17-13)10-15-8-6-11-4-2-1-3-5-11/h1-5,7,9,15H,6,8,10H2,(H2,14,16,17). The zero-order valence-electron chi connectivity index (χ0n) is 9.63. The van der Waals surface area contributed by atoms with Crippen LogP contribution in [0.15, 0.2) is 42.6 Å². The van der Waals surface area contributed by atoms with E-state index in [1.807, 2.05) is 12.1 Å². The van der Waals surface area contributed by atoms with Crippen LogP contribution in [0.25, 0.3) is 0 Å². The van der Waals surface area contributed by atoms with Crippen LogP contribution in [0.1, 0.15) is 11.3 Å². The fraction of sp³-hybridized carbons (Fsp3) is 0.231. The molecule has 1 heterocycles. The summed E-state index contributed by atoms with van der Waals surface area (Å²) in [6.07, 6.45) is 2.69. The molecule has 0 amide bonds. The average Bonchev–Trinajstić information content (AvgIpc) is 2.36. The molecule has 1 aromatic carbocycles. The summed E-state index contributed by atoms with van der Waals surface area (Å²) in [5, 5.41) is 3.33. The lowest BCUT2D eigenvalue weighted by Gasteiger charge is -2.04. The third kappa shape index (κ3) is 3.85. The molecule has 0 saturated carbocycles. The SMILES string of the molecule is Nc1nccc(CNCCc2ccccc2)n1. The van der Waals surface area contributed by atoms with Gasteiger partial charge in [0.05, 0.1) is 5.69 Å². The first-order valence-electron chi connectivity index (χ1n) is 5.66. The highest BCUT2D eigenvalue weighted by Gasteiger charge is 1.96. The summed E-state index contributed by atoms with van der Waals surface area (Å²) in [4.78, 5) is 7.98. The van der Waals surface area contributed by atoms with Gasteiger partial charge in [0.1, 0.15) is 0 Å². The molecule has 0 aliphatic heterocycles. The highest BCUT2D eigenvalue weighted by atomic mass is 15.0. The molecule has 0 aliphatic carbocycles. The second-order valence-corrected chi connectivity index (χ2v) is 3.82. The lowest BCUT2D eigenvalue weighted by atomic mass is 10.1. The number of anilines is 1. The van der Waals surface area contributed by atoms with E-state index in [1.54, 1.807) is 6.20 Å². The van der Waals surface area contributed by atoms with Gasteiger partial charge >= 0.3 is 0 Å². The van der Waals surface area contributed by atoms with Gasteiger partial charge in [0.25, 0.3) is 0 Å². The minimum absolute atomic E-state index is 0.326. The minimum Gasteiger partial charge on any atom is -0.368 e. The molecule has 0 unspecified atom stereocenters. The number of aromatic nitrogens is 2. The average molecular weight is 228 g/mol. The Bertz CT molecular complexity index is 456. The van der Waals surface area contributed by atoms with Crippen LogP contribution in [0, 0.1) is 0 Å². The minimum atomic E-state index is 0.326. The second-order valence-electron chi connectivity index (χ2n) is 3.82. The highest BCUT2D eigenvalue weighted by molar-refractivity contribution is 5.17. The Hall–Kier alpha value is -1.94. The Labute approximate surface area is 101 Å². The normalized spacial score (nSPS) is 10.4. The highest BCUT2D eigenvalue weighted by Crippen LogP contribution is 1.99. The van der Waals surface area contributed by atoms with Crippen LogP contribution in [-0.4, -0.2) is 16.5 Å². The molecule has 17 heavy (non-hydrogen) atoms. The van der Waals surface area contributed by atoms with Crippen molar-refractivity contribution < 1.29 is 0 Å². The van der Waals surface area contributed by atoms with Crippen molar-refractivity contribution in [3.05, 3.63) is 53.9 Å². The Kier molecular flexibility index (Phi) is 4.05. The molecular weight excluding hydrogens is 212 g/mol. The summed E-state index contributed by atoms with van der Waals surface area (Å²) in [5.74, 6) is 0.326. The molecule has 0 spiro atoms. The molecule has 0 atom stereocenters. The first kappa shape index (κ1) is 11.5. The zero-order chi connectivity index (χ0) is 11.9. The number of nitrogens with zero attached hydrogens (tertiary/aromatic N) is 2. The van der Waals surface area contributed by atoms with Crippen LogP contribution in [0.5, 0.6) is 0 Å². The van der Waals surface area contributed by atoms with Gasteiger partial charge in [-0.3, -0.25) is 0 Å². The van der Waals surface area contributed by atoms with E-state index in [0.717, 1.165) is 25.2 Å². The lowest BCUT2D eigenvalue weighted by Crippen LogP contribution is -2.17. The van der Waals surface area contributed by atoms with Gasteiger partial charge in [-0.15, -0.1) is 0 Å². The van der Waals surface area contributed by atoms with Crippen molar-refractivity contribution in [2.24, 2.45) is 0 Å². The summed E-state index contributed by atoms with van der Waals surface area (Å²) >= 11 is 0. The first-order valence-corrected chi connectivity index (χ1v) is 5.66. The van der Waals surface area contributed by atoms with E-state index >= 15 is 0 Å². The number of hydrogen-bond acceptors (Lipinski definition) is 4. The maximum absolute atomic E-state index is 5.50. The Morgan fingerprint density at radius 2 is 1.94 bits per heavy atom. The third-order valence-corrected chi connectivity index (χ3v) is 2.47. The van der Waals surface area contributed by atoms with Gasteiger partial charge in [0.15, 0.2) is 0 Å². The lowest BCUT2D eigenvalue weighted by molar-refractivity contribution is 0.674. The van der Waals surface area contributed by atoms with Crippen molar-refractivity contribution in [3.63, 3.8) is 0 Å². The van der Waals surface area contributed by atoms with Crippen molar-refractivity contribution in [2.75, 3.05) is 12.3 Å². The van der Waals surface area contributed by atoms with Crippen LogP contribution in [-0.2, 0) is 13.0 Å². The number of rotatable bonds is 5. The van der Waals surface area contributed by atoms with E-state index in [-0.39, 0.29) is 0 Å². The summed E-state index contributed by atoms with van der Waals surface area (Å²) in [7, 11) is 0. The van der Waals surface area contributed by atoms with Gasteiger partial charge in [-0.05, 0) is 24.6 Å². The number of nitrogens with one attached hydrogen (secondary N) is 1. The molecule has 4 heteroatoms. The Balaban J connectivity index is 1.73. The fourth-order valence-electron chi connectivity index (χ4n) is 1.61. The van der Waals surface area contributed by atoms with Crippen LogP contribution < -0.4 is 11.1 Å². The Morgan fingerprint density at radius 3 is 2.71 bits per heavy atom. The Morgan fingerprint density at radius 1 is 1.12 bits per heavy atom. The quantitative estimate of drug-likeness (QED) is 0.759. The smallest absolute Gasteiger partial charge is 0.220 e. The van der Waals surface area contributed by atoms with Crippen molar-refractivity contribution in [2.45, 2.75) is 13.0 Å². The zero-order valence-corrected chi connectivity index (χ0v) is 9.63. The van der Waals surface area contributed by atoms with Gasteiger partial charge < -0.3 is 11.1 Å². The first-order chi connectivity index (χ1) is 8.34. The molecular formula is C13H16N4. The van der Waals surface area contributed by atoms with E-state index < -0.39 is 0 Å². The third-order valence-electron chi connectivity index (χ3n) is 2.47. The van der Waals surface area contributed by atoms with E-state index in [9.17, 15) is 0 Å². The number of nitrogens with two attached hydrogens (primary N) is 1. The fourth-order valence-corrected chi connectivity index (χ4v) is 1.61. The molecule has 1 aromatic heterocycles. The monoisotopic (exact) mass is 228 g/mol. The predicted molar refractivity (Wildman–Crippen MR) is 68.3 cm³/mol. The van der Waals surface area contributed by atoms with Gasteiger partial charge in [-0.1, -0.05) is 30.3 Å². The van der Waals surface area contributed by atoms with Crippen LogP contribution in [0.4, 0.5) is 5.95 Å². The van der Waals surface area contributed by atoms with Crippen molar-refractivity contribution >= 4 is 5.95 Å². The molecule has 2 rings (SSSR count). The molecule has 0 fully saturated rings. The largest absolute Gasteiger partial charge is 0.368 e. The summed E-state index contributed by atoms with van der Waals surface area (Å²) in [6, 6.07) is 12.3. The summed E-state index contributed by atoms with van der Waals surface area (Å²) < 4.78 is 0. The molecule has 3 N–H and O–H groups in total. The van der Waals surface area contributed by atoms with Gasteiger partial charge in [0.2, 0.25) is 5.95 Å². The van der Waals surface area contributed by atoms with Crippen molar-refractivity contribution in [3.8, 4) is 0 Å². The van der Waals surface area contributed by atoms with Crippen molar-refractivity contribution in [1.29, 1.82) is 0 Å². The van der Waals surface area contributed by atoms with Gasteiger partial charge in [0, 0.05) is 12.7 Å². The number of benzene rings is 1.